The van der Waals surface area contributed by atoms with Gasteiger partial charge in [0.05, 0.1) is 18.4 Å². The monoisotopic (exact) mass is 416 g/mol. The van der Waals surface area contributed by atoms with Gasteiger partial charge in [0, 0.05) is 19.3 Å². The molecule has 31 heavy (non-hydrogen) atoms. The highest BCUT2D eigenvalue weighted by molar-refractivity contribution is 6.04. The van der Waals surface area contributed by atoms with Crippen LogP contribution in [0.5, 0.6) is 0 Å². The number of hydrogen-bond donors (Lipinski definition) is 1. The predicted octanol–water partition coefficient (Wildman–Crippen LogP) is 3.98. The van der Waals surface area contributed by atoms with E-state index in [-0.39, 0.29) is 11.9 Å². The molecule has 0 saturated carbocycles. The van der Waals surface area contributed by atoms with Crippen LogP contribution < -0.4 is 15.1 Å². The van der Waals surface area contributed by atoms with Crippen LogP contribution in [0.25, 0.3) is 0 Å². The number of esters is 1. The summed E-state index contributed by atoms with van der Waals surface area (Å²) in [7, 11) is 3.12. The first-order chi connectivity index (χ1) is 15.0. The van der Waals surface area contributed by atoms with Gasteiger partial charge in [0.25, 0.3) is 0 Å². The van der Waals surface area contributed by atoms with Gasteiger partial charge >= 0.3 is 5.97 Å². The number of nitrogens with zero attached hydrogens (tertiary/aromatic N) is 3. The SMILES string of the molecule is COC(=O)c1cccc(Nc2ccc3c(n2)N(Cc2ccccc2)[C@H](C)C(=O)N3C)c1. The second-order valence-corrected chi connectivity index (χ2v) is 7.42. The number of hydrogen-bond acceptors (Lipinski definition) is 6. The Labute approximate surface area is 181 Å². The minimum atomic E-state index is -0.398. The summed E-state index contributed by atoms with van der Waals surface area (Å²) in [4.78, 5) is 33.1. The fourth-order valence-electron chi connectivity index (χ4n) is 3.68. The Bertz CT molecular complexity index is 1120. The lowest BCUT2D eigenvalue weighted by Crippen LogP contribution is -2.50. The van der Waals surface area contributed by atoms with Crippen molar-refractivity contribution >= 4 is 34.9 Å². The Morgan fingerprint density at radius 2 is 1.87 bits per heavy atom. The molecule has 0 bridgehead atoms. The third-order valence-corrected chi connectivity index (χ3v) is 5.40. The van der Waals surface area contributed by atoms with Gasteiger partial charge in [-0.1, -0.05) is 36.4 Å². The quantitative estimate of drug-likeness (QED) is 0.634. The number of amides is 1. The maximum absolute atomic E-state index is 12.8. The van der Waals surface area contributed by atoms with Gasteiger partial charge in [-0.3, -0.25) is 4.79 Å². The molecule has 1 aliphatic heterocycles. The number of rotatable bonds is 5. The fraction of sp³-hybridized carbons (Fsp3) is 0.208. The molecule has 158 valence electrons. The van der Waals surface area contributed by atoms with Crippen molar-refractivity contribution in [2.75, 3.05) is 29.3 Å². The average Bonchev–Trinajstić information content (AvgIpc) is 2.80. The van der Waals surface area contributed by atoms with E-state index in [1.54, 1.807) is 30.1 Å². The van der Waals surface area contributed by atoms with Crippen LogP contribution in [0.4, 0.5) is 23.0 Å². The zero-order valence-electron chi connectivity index (χ0n) is 17.7. The molecular weight excluding hydrogens is 392 g/mol. The van der Waals surface area contributed by atoms with Gasteiger partial charge in [-0.05, 0) is 42.8 Å². The Balaban J connectivity index is 1.68. The molecule has 1 amide bonds. The van der Waals surface area contributed by atoms with Crippen LogP contribution in [-0.4, -0.2) is 37.1 Å². The third kappa shape index (κ3) is 4.07. The maximum atomic E-state index is 12.8. The lowest BCUT2D eigenvalue weighted by atomic mass is 10.1. The number of benzene rings is 2. The number of fused-ring (bicyclic) bond motifs is 1. The van der Waals surface area contributed by atoms with Crippen LogP contribution in [0.1, 0.15) is 22.8 Å². The molecule has 2 aromatic carbocycles. The lowest BCUT2D eigenvalue weighted by Gasteiger charge is -2.39. The second kappa shape index (κ2) is 8.47. The topological polar surface area (TPSA) is 74.8 Å². The zero-order valence-corrected chi connectivity index (χ0v) is 17.7. The van der Waals surface area contributed by atoms with Crippen molar-refractivity contribution < 1.29 is 14.3 Å². The van der Waals surface area contributed by atoms with Crippen LogP contribution in [-0.2, 0) is 16.1 Å². The summed E-state index contributed by atoms with van der Waals surface area (Å²) in [5, 5.41) is 3.25. The minimum Gasteiger partial charge on any atom is -0.465 e. The normalized spacial score (nSPS) is 15.5. The van der Waals surface area contributed by atoms with E-state index in [0.717, 1.165) is 22.8 Å². The van der Waals surface area contributed by atoms with Gasteiger partial charge < -0.3 is 19.9 Å². The highest BCUT2D eigenvalue weighted by Crippen LogP contribution is 2.36. The Morgan fingerprint density at radius 1 is 1.10 bits per heavy atom. The molecule has 0 spiro atoms. The lowest BCUT2D eigenvalue weighted by molar-refractivity contribution is -0.119. The first-order valence-electron chi connectivity index (χ1n) is 10.0. The number of anilines is 4. The van der Waals surface area contributed by atoms with Crippen molar-refractivity contribution in [3.05, 3.63) is 77.9 Å². The summed E-state index contributed by atoms with van der Waals surface area (Å²) in [6.45, 7) is 2.47. The average molecular weight is 416 g/mol. The molecule has 1 N–H and O–H groups in total. The van der Waals surface area contributed by atoms with Crippen LogP contribution in [0.15, 0.2) is 66.7 Å². The van der Waals surface area contributed by atoms with E-state index >= 15 is 0 Å². The van der Waals surface area contributed by atoms with E-state index in [4.69, 9.17) is 9.72 Å². The van der Waals surface area contributed by atoms with Gasteiger partial charge in [-0.25, -0.2) is 9.78 Å². The van der Waals surface area contributed by atoms with Gasteiger partial charge in [0.2, 0.25) is 5.91 Å². The zero-order chi connectivity index (χ0) is 22.0. The van der Waals surface area contributed by atoms with Crippen molar-refractivity contribution in [3.63, 3.8) is 0 Å². The summed E-state index contributed by atoms with van der Waals surface area (Å²) in [6.07, 6.45) is 0. The molecule has 2 heterocycles. The summed E-state index contributed by atoms with van der Waals surface area (Å²) >= 11 is 0. The molecule has 7 nitrogen and oxygen atoms in total. The number of nitrogens with one attached hydrogen (secondary N) is 1. The van der Waals surface area contributed by atoms with E-state index in [2.05, 4.69) is 5.32 Å². The maximum Gasteiger partial charge on any atom is 0.337 e. The fourth-order valence-corrected chi connectivity index (χ4v) is 3.68. The van der Waals surface area contributed by atoms with Gasteiger partial charge in [-0.15, -0.1) is 0 Å². The second-order valence-electron chi connectivity index (χ2n) is 7.42. The minimum absolute atomic E-state index is 0.0247. The highest BCUT2D eigenvalue weighted by atomic mass is 16.5. The Hall–Kier alpha value is -3.87. The predicted molar refractivity (Wildman–Crippen MR) is 121 cm³/mol. The number of likely N-dealkylation sites (N-methyl/N-ethyl adjacent to an activating group) is 1. The molecule has 0 saturated heterocycles. The Morgan fingerprint density at radius 3 is 2.61 bits per heavy atom. The Kier molecular flexibility index (Phi) is 5.58. The summed E-state index contributed by atoms with van der Waals surface area (Å²) in [6, 6.07) is 20.4. The largest absolute Gasteiger partial charge is 0.465 e. The smallest absolute Gasteiger partial charge is 0.337 e. The van der Waals surface area contributed by atoms with E-state index in [1.807, 2.05) is 60.4 Å². The van der Waals surface area contributed by atoms with Crippen LogP contribution in [0, 0.1) is 0 Å². The molecule has 0 aliphatic carbocycles. The van der Waals surface area contributed by atoms with E-state index in [9.17, 15) is 9.59 Å². The first kappa shape index (κ1) is 20.4. The molecule has 4 rings (SSSR count). The molecular formula is C24H24N4O3. The summed E-state index contributed by atoms with van der Waals surface area (Å²) < 4.78 is 4.79. The van der Waals surface area contributed by atoms with Crippen molar-refractivity contribution in [2.45, 2.75) is 19.5 Å². The number of aromatic nitrogens is 1. The van der Waals surface area contributed by atoms with Crippen molar-refractivity contribution in [3.8, 4) is 0 Å². The molecule has 1 atom stereocenters. The summed E-state index contributed by atoms with van der Waals surface area (Å²) in [5.41, 5.74) is 3.03. The van der Waals surface area contributed by atoms with Crippen LogP contribution in [0.2, 0.25) is 0 Å². The molecule has 0 unspecified atom stereocenters. The first-order valence-corrected chi connectivity index (χ1v) is 10.0. The molecule has 1 aliphatic rings. The number of carbonyl (C=O) groups is 2. The van der Waals surface area contributed by atoms with Crippen molar-refractivity contribution in [2.24, 2.45) is 0 Å². The molecule has 0 fully saturated rings. The number of ether oxygens (including phenoxy) is 1. The van der Waals surface area contributed by atoms with Crippen LogP contribution >= 0.6 is 0 Å². The highest BCUT2D eigenvalue weighted by Gasteiger charge is 2.34. The van der Waals surface area contributed by atoms with Crippen molar-refractivity contribution in [1.29, 1.82) is 0 Å². The van der Waals surface area contributed by atoms with E-state index in [1.165, 1.54) is 7.11 Å². The van der Waals surface area contributed by atoms with E-state index in [0.29, 0.717) is 17.9 Å². The third-order valence-electron chi connectivity index (χ3n) is 5.40. The van der Waals surface area contributed by atoms with Gasteiger partial charge in [0.15, 0.2) is 5.82 Å². The molecule has 7 heteroatoms. The number of carbonyl (C=O) groups excluding carboxylic acids is 2. The van der Waals surface area contributed by atoms with Crippen LogP contribution in [0.3, 0.4) is 0 Å². The molecule has 0 radical (unpaired) electrons. The van der Waals surface area contributed by atoms with E-state index < -0.39 is 5.97 Å². The molecule has 3 aromatic rings. The molecule has 1 aromatic heterocycles. The summed E-state index contributed by atoms with van der Waals surface area (Å²) in [5.74, 6) is 0.975. The number of methoxy groups -OCH3 is 1. The van der Waals surface area contributed by atoms with Crippen molar-refractivity contribution in [1.82, 2.24) is 4.98 Å². The standard InChI is InChI=1S/C24H24N4O3/c1-16-23(29)27(2)20-12-13-21(25-19-11-7-10-18(14-19)24(30)31-3)26-22(20)28(16)15-17-8-5-4-6-9-17/h4-14,16H,15H2,1-3H3,(H,25,26)/t16-/m1/s1. The van der Waals surface area contributed by atoms with Gasteiger partial charge in [-0.2, -0.15) is 0 Å². The number of pyridine rings is 1. The van der Waals surface area contributed by atoms with Gasteiger partial charge in [0.1, 0.15) is 11.9 Å².